The predicted molar refractivity (Wildman–Crippen MR) is 60.6 cm³/mol. The van der Waals surface area contributed by atoms with Gasteiger partial charge in [0.2, 0.25) is 0 Å². The SMILES string of the molecule is CC(C)OCCNC1(C)CCCCC1. The van der Waals surface area contributed by atoms with Crippen molar-refractivity contribution < 1.29 is 4.74 Å². The second-order valence-electron chi connectivity index (χ2n) is 4.97. The van der Waals surface area contributed by atoms with Crippen molar-refractivity contribution in [3.05, 3.63) is 0 Å². The first-order valence-corrected chi connectivity index (χ1v) is 5.99. The quantitative estimate of drug-likeness (QED) is 0.687. The number of hydrogen-bond donors (Lipinski definition) is 1. The topological polar surface area (TPSA) is 21.3 Å². The van der Waals surface area contributed by atoms with Crippen molar-refractivity contribution in [3.63, 3.8) is 0 Å². The van der Waals surface area contributed by atoms with Gasteiger partial charge in [0.05, 0.1) is 12.7 Å². The standard InChI is InChI=1S/C12H25NO/c1-11(2)14-10-9-13-12(3)7-5-4-6-8-12/h11,13H,4-10H2,1-3H3. The summed E-state index contributed by atoms with van der Waals surface area (Å²) in [6, 6.07) is 0. The summed E-state index contributed by atoms with van der Waals surface area (Å²) in [6.07, 6.45) is 7.20. The maximum atomic E-state index is 5.52. The van der Waals surface area contributed by atoms with E-state index in [1.165, 1.54) is 32.1 Å². The molecule has 1 aliphatic rings. The van der Waals surface area contributed by atoms with Crippen LogP contribution in [0, 0.1) is 0 Å². The highest BCUT2D eigenvalue weighted by molar-refractivity contribution is 4.85. The van der Waals surface area contributed by atoms with Crippen LogP contribution in [0.4, 0.5) is 0 Å². The molecule has 0 saturated heterocycles. The van der Waals surface area contributed by atoms with Crippen LogP contribution in [0.15, 0.2) is 0 Å². The van der Waals surface area contributed by atoms with Gasteiger partial charge >= 0.3 is 0 Å². The fourth-order valence-electron chi connectivity index (χ4n) is 2.16. The normalized spacial score (nSPS) is 21.4. The van der Waals surface area contributed by atoms with Crippen LogP contribution in [0.5, 0.6) is 0 Å². The number of nitrogens with one attached hydrogen (secondary N) is 1. The molecule has 0 aromatic carbocycles. The van der Waals surface area contributed by atoms with E-state index in [1.807, 2.05) is 0 Å². The lowest BCUT2D eigenvalue weighted by Crippen LogP contribution is -2.45. The van der Waals surface area contributed by atoms with Crippen LogP contribution in [-0.4, -0.2) is 24.8 Å². The monoisotopic (exact) mass is 199 g/mol. The van der Waals surface area contributed by atoms with Crippen LogP contribution < -0.4 is 5.32 Å². The maximum Gasteiger partial charge on any atom is 0.0594 e. The van der Waals surface area contributed by atoms with Gasteiger partial charge in [0, 0.05) is 12.1 Å². The molecule has 0 amide bonds. The summed E-state index contributed by atoms with van der Waals surface area (Å²) in [4.78, 5) is 0. The van der Waals surface area contributed by atoms with Crippen molar-refractivity contribution in [2.24, 2.45) is 0 Å². The molecule has 1 fully saturated rings. The second-order valence-corrected chi connectivity index (χ2v) is 4.97. The molecule has 1 N–H and O–H groups in total. The number of rotatable bonds is 5. The third-order valence-electron chi connectivity index (χ3n) is 3.06. The average molecular weight is 199 g/mol. The molecule has 1 rings (SSSR count). The molecule has 0 unspecified atom stereocenters. The smallest absolute Gasteiger partial charge is 0.0594 e. The van der Waals surface area contributed by atoms with E-state index in [0.29, 0.717) is 11.6 Å². The minimum absolute atomic E-state index is 0.357. The van der Waals surface area contributed by atoms with E-state index in [-0.39, 0.29) is 0 Å². The van der Waals surface area contributed by atoms with Gasteiger partial charge in [0.25, 0.3) is 0 Å². The highest BCUT2D eigenvalue weighted by Gasteiger charge is 2.25. The molecule has 14 heavy (non-hydrogen) atoms. The molecule has 1 aliphatic carbocycles. The summed E-state index contributed by atoms with van der Waals surface area (Å²) in [5, 5.41) is 3.63. The zero-order valence-corrected chi connectivity index (χ0v) is 9.94. The molecule has 0 spiro atoms. The van der Waals surface area contributed by atoms with Crippen molar-refractivity contribution >= 4 is 0 Å². The molecular weight excluding hydrogens is 174 g/mol. The van der Waals surface area contributed by atoms with Crippen LogP contribution in [0.25, 0.3) is 0 Å². The van der Waals surface area contributed by atoms with Gasteiger partial charge in [0.15, 0.2) is 0 Å². The van der Waals surface area contributed by atoms with Crippen LogP contribution in [0.1, 0.15) is 52.9 Å². The van der Waals surface area contributed by atoms with E-state index >= 15 is 0 Å². The Bertz CT molecular complexity index is 150. The molecule has 0 heterocycles. The van der Waals surface area contributed by atoms with E-state index in [4.69, 9.17) is 4.74 Å². The lowest BCUT2D eigenvalue weighted by Gasteiger charge is -2.34. The van der Waals surface area contributed by atoms with Crippen LogP contribution in [-0.2, 0) is 4.74 Å². The van der Waals surface area contributed by atoms with Gasteiger partial charge in [-0.1, -0.05) is 19.3 Å². The highest BCUT2D eigenvalue weighted by atomic mass is 16.5. The van der Waals surface area contributed by atoms with Crippen molar-refractivity contribution in [2.75, 3.05) is 13.2 Å². The Hall–Kier alpha value is -0.0800. The third-order valence-corrected chi connectivity index (χ3v) is 3.06. The summed E-state index contributed by atoms with van der Waals surface area (Å²) in [6.45, 7) is 8.36. The molecule has 0 atom stereocenters. The first kappa shape index (κ1) is 12.0. The molecule has 2 nitrogen and oxygen atoms in total. The van der Waals surface area contributed by atoms with Gasteiger partial charge in [-0.3, -0.25) is 0 Å². The van der Waals surface area contributed by atoms with E-state index in [2.05, 4.69) is 26.1 Å². The summed E-state index contributed by atoms with van der Waals surface area (Å²) >= 11 is 0. The largest absolute Gasteiger partial charge is 0.377 e. The first-order chi connectivity index (χ1) is 6.62. The highest BCUT2D eigenvalue weighted by Crippen LogP contribution is 2.27. The van der Waals surface area contributed by atoms with E-state index in [1.54, 1.807) is 0 Å². The van der Waals surface area contributed by atoms with Crippen molar-refractivity contribution in [1.82, 2.24) is 5.32 Å². The molecule has 0 aliphatic heterocycles. The summed E-state index contributed by atoms with van der Waals surface area (Å²) in [7, 11) is 0. The van der Waals surface area contributed by atoms with Gasteiger partial charge in [-0.05, 0) is 33.6 Å². The number of hydrogen-bond acceptors (Lipinski definition) is 2. The Balaban J connectivity index is 2.09. The van der Waals surface area contributed by atoms with Gasteiger partial charge in [-0.2, -0.15) is 0 Å². The van der Waals surface area contributed by atoms with Gasteiger partial charge in [-0.15, -0.1) is 0 Å². The third kappa shape index (κ3) is 4.43. The van der Waals surface area contributed by atoms with Gasteiger partial charge < -0.3 is 10.1 Å². The van der Waals surface area contributed by atoms with Crippen molar-refractivity contribution in [1.29, 1.82) is 0 Å². The lowest BCUT2D eigenvalue weighted by atomic mass is 9.83. The van der Waals surface area contributed by atoms with Crippen LogP contribution >= 0.6 is 0 Å². The van der Waals surface area contributed by atoms with Crippen molar-refractivity contribution in [2.45, 2.75) is 64.5 Å². The zero-order valence-electron chi connectivity index (χ0n) is 9.94. The van der Waals surface area contributed by atoms with Crippen LogP contribution in [0.3, 0.4) is 0 Å². The van der Waals surface area contributed by atoms with Crippen LogP contribution in [0.2, 0.25) is 0 Å². The first-order valence-electron chi connectivity index (χ1n) is 5.99. The summed E-state index contributed by atoms with van der Waals surface area (Å²) in [5.41, 5.74) is 0.387. The fourth-order valence-corrected chi connectivity index (χ4v) is 2.16. The molecule has 0 bridgehead atoms. The summed E-state index contributed by atoms with van der Waals surface area (Å²) in [5.74, 6) is 0. The number of ether oxygens (including phenoxy) is 1. The zero-order chi connectivity index (χ0) is 10.4. The lowest BCUT2D eigenvalue weighted by molar-refractivity contribution is 0.0741. The predicted octanol–water partition coefficient (Wildman–Crippen LogP) is 2.72. The van der Waals surface area contributed by atoms with E-state index in [9.17, 15) is 0 Å². The Morgan fingerprint density at radius 1 is 1.21 bits per heavy atom. The second kappa shape index (κ2) is 5.72. The molecule has 0 aromatic heterocycles. The Labute approximate surface area is 88.4 Å². The van der Waals surface area contributed by atoms with Gasteiger partial charge in [0.1, 0.15) is 0 Å². The molecule has 1 saturated carbocycles. The Morgan fingerprint density at radius 3 is 2.43 bits per heavy atom. The van der Waals surface area contributed by atoms with Gasteiger partial charge in [-0.25, -0.2) is 0 Å². The van der Waals surface area contributed by atoms with E-state index in [0.717, 1.165) is 13.2 Å². The molecule has 0 aromatic rings. The maximum absolute atomic E-state index is 5.52. The van der Waals surface area contributed by atoms with E-state index < -0.39 is 0 Å². The van der Waals surface area contributed by atoms with Crippen molar-refractivity contribution in [3.8, 4) is 0 Å². The molecule has 2 heteroatoms. The Morgan fingerprint density at radius 2 is 1.86 bits per heavy atom. The summed E-state index contributed by atoms with van der Waals surface area (Å²) < 4.78 is 5.52. The minimum Gasteiger partial charge on any atom is -0.377 e. The molecule has 84 valence electrons. The molecule has 0 radical (unpaired) electrons. The average Bonchev–Trinajstić information content (AvgIpc) is 2.14. The fraction of sp³-hybridized carbons (Fsp3) is 1.00. The Kier molecular flexibility index (Phi) is 4.90. The molecular formula is C12H25NO. The minimum atomic E-state index is 0.357.